The third-order valence-corrected chi connectivity index (χ3v) is 7.99. The molecule has 0 bridgehead atoms. The zero-order chi connectivity index (χ0) is 26.5. The highest BCUT2D eigenvalue weighted by Gasteiger charge is 2.54. The van der Waals surface area contributed by atoms with Gasteiger partial charge in [0.15, 0.2) is 0 Å². The van der Waals surface area contributed by atoms with E-state index in [2.05, 4.69) is 10.3 Å². The van der Waals surface area contributed by atoms with Crippen LogP contribution in [0.4, 0.5) is 0 Å². The van der Waals surface area contributed by atoms with Crippen molar-refractivity contribution in [2.45, 2.75) is 37.6 Å². The van der Waals surface area contributed by atoms with Gasteiger partial charge in [0, 0.05) is 55.3 Å². The van der Waals surface area contributed by atoms with Crippen LogP contribution in [0.1, 0.15) is 33.6 Å². The molecule has 3 aromatic rings. The third kappa shape index (κ3) is 5.41. The van der Waals surface area contributed by atoms with Crippen LogP contribution >= 0.6 is 11.3 Å². The number of ether oxygens (including phenoxy) is 2. The number of nitrogens with zero attached hydrogens (tertiary/aromatic N) is 3. The van der Waals surface area contributed by atoms with Crippen LogP contribution in [0.25, 0.3) is 0 Å². The number of rotatable bonds is 7. The quantitative estimate of drug-likeness (QED) is 0.500. The molecule has 2 aromatic heterocycles. The highest BCUT2D eigenvalue weighted by molar-refractivity contribution is 7.10. The molecule has 1 atom stereocenters. The Hall–Kier alpha value is -3.76. The fourth-order valence-corrected chi connectivity index (χ4v) is 5.72. The average molecular weight is 535 g/mol. The van der Waals surface area contributed by atoms with E-state index < -0.39 is 11.8 Å². The van der Waals surface area contributed by atoms with Gasteiger partial charge in [-0.25, -0.2) is 0 Å². The Balaban J connectivity index is 1.34. The largest absolute Gasteiger partial charge is 0.497 e. The zero-order valence-corrected chi connectivity index (χ0v) is 22.0. The Morgan fingerprint density at radius 1 is 1.13 bits per heavy atom. The summed E-state index contributed by atoms with van der Waals surface area (Å²) in [6.45, 7) is 1.27. The summed E-state index contributed by atoms with van der Waals surface area (Å²) in [5.41, 5.74) is 0.338. The fourth-order valence-electron chi connectivity index (χ4n) is 5.03. The van der Waals surface area contributed by atoms with Gasteiger partial charge in [-0.1, -0.05) is 12.1 Å². The van der Waals surface area contributed by atoms with Crippen LogP contribution in [-0.4, -0.2) is 71.1 Å². The van der Waals surface area contributed by atoms with Gasteiger partial charge in [-0.05, 0) is 47.3 Å². The van der Waals surface area contributed by atoms with E-state index in [0.717, 1.165) is 10.4 Å². The van der Waals surface area contributed by atoms with Crippen LogP contribution in [0, 0.1) is 0 Å². The molecule has 4 heterocycles. The predicted octanol–water partition coefficient (Wildman–Crippen LogP) is 2.87. The molecule has 2 aliphatic rings. The maximum absolute atomic E-state index is 13.9. The smallest absolute Gasteiger partial charge is 0.256 e. The van der Waals surface area contributed by atoms with E-state index in [9.17, 15) is 14.4 Å². The second-order valence-electron chi connectivity index (χ2n) is 9.39. The van der Waals surface area contributed by atoms with Crippen molar-refractivity contribution in [3.63, 3.8) is 0 Å². The van der Waals surface area contributed by atoms with E-state index in [-0.39, 0.29) is 24.3 Å². The topological polar surface area (TPSA) is 101 Å². The molecule has 9 nitrogen and oxygen atoms in total. The number of nitrogens with one attached hydrogen (secondary N) is 1. The number of piperidine rings is 1. The summed E-state index contributed by atoms with van der Waals surface area (Å²) in [7, 11) is 1.57. The third-order valence-electron chi connectivity index (χ3n) is 7.11. The molecule has 1 aromatic carbocycles. The molecule has 10 heteroatoms. The minimum Gasteiger partial charge on any atom is -0.497 e. The van der Waals surface area contributed by atoms with E-state index in [0.29, 0.717) is 50.2 Å². The van der Waals surface area contributed by atoms with Crippen LogP contribution in [0.3, 0.4) is 0 Å². The molecule has 2 saturated heterocycles. The molecule has 0 aliphatic carbocycles. The fraction of sp³-hybridized carbons (Fsp3) is 0.357. The second-order valence-corrected chi connectivity index (χ2v) is 10.4. The molecule has 1 N–H and O–H groups in total. The van der Waals surface area contributed by atoms with E-state index in [1.165, 1.54) is 0 Å². The Morgan fingerprint density at radius 3 is 2.58 bits per heavy atom. The van der Waals surface area contributed by atoms with E-state index >= 15 is 0 Å². The lowest BCUT2D eigenvalue weighted by Gasteiger charge is -2.44. The maximum atomic E-state index is 13.9. The minimum atomic E-state index is -0.965. The molecule has 2 fully saturated rings. The van der Waals surface area contributed by atoms with Crippen molar-refractivity contribution in [3.8, 4) is 5.75 Å². The van der Waals surface area contributed by atoms with Crippen LogP contribution in [-0.2, 0) is 27.3 Å². The van der Waals surface area contributed by atoms with E-state index in [1.54, 1.807) is 60.0 Å². The van der Waals surface area contributed by atoms with Gasteiger partial charge in [0.1, 0.15) is 17.5 Å². The van der Waals surface area contributed by atoms with Gasteiger partial charge >= 0.3 is 0 Å². The molecule has 3 amide bonds. The summed E-state index contributed by atoms with van der Waals surface area (Å²) in [5, 5.41) is 4.89. The lowest BCUT2D eigenvalue weighted by molar-refractivity contribution is -0.143. The van der Waals surface area contributed by atoms with Crippen molar-refractivity contribution in [1.29, 1.82) is 0 Å². The SMILES string of the molecule is COc1ccc(C(=O)N2[C@@H](C(=O)NCc3cccnc3)COC23CCN(C(=O)Cc2cccs2)CC3)cc1. The molecule has 0 unspecified atom stereocenters. The summed E-state index contributed by atoms with van der Waals surface area (Å²) in [5.74, 6) is 0.116. The molecular weight excluding hydrogens is 504 g/mol. The number of hydrogen-bond acceptors (Lipinski definition) is 7. The summed E-state index contributed by atoms with van der Waals surface area (Å²) < 4.78 is 11.5. The first-order chi connectivity index (χ1) is 18.5. The number of methoxy groups -OCH3 is 1. The number of benzene rings is 1. The zero-order valence-electron chi connectivity index (χ0n) is 21.2. The van der Waals surface area contributed by atoms with Gasteiger partial charge in [-0.15, -0.1) is 11.3 Å². The highest BCUT2D eigenvalue weighted by Crippen LogP contribution is 2.39. The summed E-state index contributed by atoms with van der Waals surface area (Å²) >= 11 is 1.56. The molecule has 0 radical (unpaired) electrons. The number of carbonyl (C=O) groups is 3. The number of likely N-dealkylation sites (tertiary alicyclic amines) is 1. The van der Waals surface area contributed by atoms with Crippen molar-refractivity contribution in [3.05, 3.63) is 82.3 Å². The van der Waals surface area contributed by atoms with Gasteiger partial charge in [0.25, 0.3) is 5.91 Å². The molecule has 38 heavy (non-hydrogen) atoms. The first-order valence-corrected chi connectivity index (χ1v) is 13.5. The highest BCUT2D eigenvalue weighted by atomic mass is 32.1. The average Bonchev–Trinajstić information content (AvgIpc) is 3.60. The van der Waals surface area contributed by atoms with Gasteiger partial charge in [0.2, 0.25) is 11.8 Å². The number of hydrogen-bond donors (Lipinski definition) is 1. The normalized spacial score (nSPS) is 18.4. The number of thiophene rings is 1. The Bertz CT molecular complexity index is 1260. The summed E-state index contributed by atoms with van der Waals surface area (Å²) in [6.07, 6.45) is 4.58. The standard InChI is InChI=1S/C28H30N4O5S/c1-36-22-8-6-21(7-9-22)27(35)32-24(26(34)30-18-20-4-2-12-29-17-20)19-37-28(32)10-13-31(14-11-28)25(33)16-23-5-3-15-38-23/h2-9,12,15,17,24H,10-11,13-14,16,18-19H2,1H3,(H,30,34)/t24-/m1/s1. The van der Waals surface area contributed by atoms with Crippen molar-refractivity contribution in [2.75, 3.05) is 26.8 Å². The summed E-state index contributed by atoms with van der Waals surface area (Å²) in [4.78, 5) is 48.6. The number of carbonyl (C=O) groups excluding carboxylic acids is 3. The van der Waals surface area contributed by atoms with Crippen molar-refractivity contribution >= 4 is 29.1 Å². The molecular formula is C28H30N4O5S. The number of aromatic nitrogens is 1. The van der Waals surface area contributed by atoms with Gasteiger partial charge < -0.3 is 19.7 Å². The van der Waals surface area contributed by atoms with Crippen LogP contribution in [0.2, 0.25) is 0 Å². The summed E-state index contributed by atoms with van der Waals surface area (Å²) in [6, 6.07) is 13.6. The molecule has 198 valence electrons. The van der Waals surface area contributed by atoms with Crippen molar-refractivity contribution in [2.24, 2.45) is 0 Å². The Kier molecular flexibility index (Phi) is 7.71. The monoisotopic (exact) mass is 534 g/mol. The lowest BCUT2D eigenvalue weighted by atomic mass is 9.96. The second kappa shape index (κ2) is 11.3. The number of pyridine rings is 1. The predicted molar refractivity (Wildman–Crippen MR) is 142 cm³/mol. The number of amides is 3. The van der Waals surface area contributed by atoms with Gasteiger partial charge in [-0.3, -0.25) is 24.3 Å². The Morgan fingerprint density at radius 2 is 1.92 bits per heavy atom. The van der Waals surface area contributed by atoms with Gasteiger partial charge in [0.05, 0.1) is 20.1 Å². The Labute approximate surface area is 225 Å². The van der Waals surface area contributed by atoms with Crippen molar-refractivity contribution < 1.29 is 23.9 Å². The molecule has 1 spiro atoms. The molecule has 2 aliphatic heterocycles. The van der Waals surface area contributed by atoms with Crippen LogP contribution in [0.15, 0.2) is 66.3 Å². The van der Waals surface area contributed by atoms with Crippen molar-refractivity contribution in [1.82, 2.24) is 20.1 Å². The lowest BCUT2D eigenvalue weighted by Crippen LogP contribution is -2.59. The minimum absolute atomic E-state index is 0.0547. The van der Waals surface area contributed by atoms with Crippen LogP contribution < -0.4 is 10.1 Å². The van der Waals surface area contributed by atoms with E-state index in [4.69, 9.17) is 9.47 Å². The molecule has 0 saturated carbocycles. The van der Waals surface area contributed by atoms with E-state index in [1.807, 2.05) is 34.5 Å². The maximum Gasteiger partial charge on any atom is 0.256 e. The molecule has 5 rings (SSSR count). The van der Waals surface area contributed by atoms with Crippen LogP contribution in [0.5, 0.6) is 5.75 Å². The van der Waals surface area contributed by atoms with Gasteiger partial charge in [-0.2, -0.15) is 0 Å². The first kappa shape index (κ1) is 25.9. The first-order valence-electron chi connectivity index (χ1n) is 12.6.